The van der Waals surface area contributed by atoms with E-state index in [-0.39, 0.29) is 0 Å². The average molecular weight is 233 g/mol. The van der Waals surface area contributed by atoms with Crippen LogP contribution in [0.1, 0.15) is 5.56 Å². The zero-order valence-electron chi connectivity index (χ0n) is 8.34. The Kier molecular flexibility index (Phi) is 3.12. The van der Waals surface area contributed by atoms with Crippen molar-refractivity contribution in [2.45, 2.75) is 0 Å². The minimum absolute atomic E-state index is 0.297. The molecule has 1 aromatic carbocycles. The lowest BCUT2D eigenvalue weighted by molar-refractivity contribution is 1.13. The molecule has 80 valence electrons. The lowest BCUT2D eigenvalue weighted by Gasteiger charge is -1.99. The molecular weight excluding hydrogens is 224 g/mol. The van der Waals surface area contributed by atoms with Gasteiger partial charge in [-0.15, -0.1) is 0 Å². The van der Waals surface area contributed by atoms with Gasteiger partial charge in [0.1, 0.15) is 5.84 Å². The van der Waals surface area contributed by atoms with Crippen molar-refractivity contribution in [3.05, 3.63) is 53.3 Å². The molecule has 0 spiro atoms. The molecule has 0 bridgehead atoms. The van der Waals surface area contributed by atoms with Crippen molar-refractivity contribution in [1.82, 2.24) is 9.97 Å². The molecule has 0 unspecified atom stereocenters. The molecule has 4 nitrogen and oxygen atoms in total. The summed E-state index contributed by atoms with van der Waals surface area (Å²) in [5.41, 5.74) is 6.64. The highest BCUT2D eigenvalue weighted by atomic mass is 35.5. The Morgan fingerprint density at radius 2 is 1.75 bits per heavy atom. The maximum absolute atomic E-state index is 5.80. The number of aromatic nitrogens is 2. The molecule has 0 radical (unpaired) electrons. The molecule has 1 aromatic heterocycles. The first-order valence-electron chi connectivity index (χ1n) is 4.63. The first kappa shape index (κ1) is 10.6. The van der Waals surface area contributed by atoms with Crippen LogP contribution in [0.15, 0.2) is 47.7 Å². The van der Waals surface area contributed by atoms with Crippen molar-refractivity contribution >= 4 is 23.4 Å². The predicted molar refractivity (Wildman–Crippen MR) is 63.9 cm³/mol. The van der Waals surface area contributed by atoms with Crippen molar-refractivity contribution < 1.29 is 0 Å². The molecule has 16 heavy (non-hydrogen) atoms. The second-order valence-electron chi connectivity index (χ2n) is 3.06. The van der Waals surface area contributed by atoms with Gasteiger partial charge in [-0.05, 0) is 0 Å². The van der Waals surface area contributed by atoms with E-state index in [1.165, 1.54) is 12.4 Å². The number of aliphatic imine (C=N–C) groups is 1. The van der Waals surface area contributed by atoms with Crippen LogP contribution in [0.3, 0.4) is 0 Å². The van der Waals surface area contributed by atoms with E-state index in [1.807, 2.05) is 30.3 Å². The highest BCUT2D eigenvalue weighted by molar-refractivity contribution is 6.30. The summed E-state index contributed by atoms with van der Waals surface area (Å²) in [6.07, 6.45) is 2.96. The third-order valence-corrected chi connectivity index (χ3v) is 2.09. The van der Waals surface area contributed by atoms with Gasteiger partial charge in [-0.25, -0.2) is 9.97 Å². The van der Waals surface area contributed by atoms with E-state index in [1.54, 1.807) is 0 Å². The van der Waals surface area contributed by atoms with E-state index in [9.17, 15) is 0 Å². The third-order valence-electron chi connectivity index (χ3n) is 1.90. The molecule has 2 N–H and O–H groups in total. The second kappa shape index (κ2) is 4.72. The van der Waals surface area contributed by atoms with E-state index in [4.69, 9.17) is 17.3 Å². The van der Waals surface area contributed by atoms with Crippen LogP contribution in [0.25, 0.3) is 0 Å². The van der Waals surface area contributed by atoms with Gasteiger partial charge in [0.25, 0.3) is 5.95 Å². The summed E-state index contributed by atoms with van der Waals surface area (Å²) in [5, 5.41) is 0.470. The first-order chi connectivity index (χ1) is 7.75. The highest BCUT2D eigenvalue weighted by Gasteiger charge is 1.99. The van der Waals surface area contributed by atoms with Gasteiger partial charge in [-0.3, -0.25) is 0 Å². The topological polar surface area (TPSA) is 64.2 Å². The molecule has 0 saturated carbocycles. The summed E-state index contributed by atoms with van der Waals surface area (Å²) in [6, 6.07) is 9.43. The number of rotatable bonds is 2. The lowest BCUT2D eigenvalue weighted by Crippen LogP contribution is -2.12. The quantitative estimate of drug-likeness (QED) is 0.638. The minimum Gasteiger partial charge on any atom is -0.383 e. The molecular formula is C11H9ClN4. The Labute approximate surface area is 97.8 Å². The van der Waals surface area contributed by atoms with Gasteiger partial charge in [-0.1, -0.05) is 41.9 Å². The Morgan fingerprint density at radius 1 is 1.12 bits per heavy atom. The largest absolute Gasteiger partial charge is 0.383 e. The fraction of sp³-hybridized carbons (Fsp3) is 0. The monoisotopic (exact) mass is 232 g/mol. The molecule has 2 rings (SSSR count). The zero-order chi connectivity index (χ0) is 11.4. The second-order valence-corrected chi connectivity index (χ2v) is 3.50. The number of nitrogens with two attached hydrogens (primary N) is 1. The van der Waals surface area contributed by atoms with Crippen molar-refractivity contribution in [2.75, 3.05) is 0 Å². The Hall–Kier alpha value is -1.94. The van der Waals surface area contributed by atoms with E-state index < -0.39 is 0 Å². The number of benzene rings is 1. The molecule has 0 aliphatic rings. The summed E-state index contributed by atoms with van der Waals surface area (Å²) in [4.78, 5) is 12.0. The summed E-state index contributed by atoms with van der Waals surface area (Å²) in [6.45, 7) is 0. The minimum atomic E-state index is 0.297. The van der Waals surface area contributed by atoms with E-state index in [0.29, 0.717) is 16.8 Å². The molecule has 0 saturated heterocycles. The van der Waals surface area contributed by atoms with Crippen molar-refractivity contribution in [3.8, 4) is 0 Å². The normalized spacial score (nSPS) is 11.4. The molecule has 2 aromatic rings. The SMILES string of the molecule is N/C(=N\c1ncc(Cl)cn1)c1ccccc1. The number of halogens is 1. The Bertz CT molecular complexity index is 493. The molecule has 1 heterocycles. The van der Waals surface area contributed by atoms with E-state index in [0.717, 1.165) is 5.56 Å². The van der Waals surface area contributed by atoms with Gasteiger partial charge in [0.2, 0.25) is 0 Å². The number of nitrogens with zero attached hydrogens (tertiary/aromatic N) is 3. The van der Waals surface area contributed by atoms with Crippen molar-refractivity contribution in [1.29, 1.82) is 0 Å². The summed E-state index contributed by atoms with van der Waals surface area (Å²) >= 11 is 5.66. The molecule has 5 heteroatoms. The summed E-state index contributed by atoms with van der Waals surface area (Å²) in [5.74, 6) is 0.675. The molecule has 0 aliphatic carbocycles. The van der Waals surface area contributed by atoms with Gasteiger partial charge in [-0.2, -0.15) is 4.99 Å². The summed E-state index contributed by atoms with van der Waals surface area (Å²) in [7, 11) is 0. The standard InChI is InChI=1S/C11H9ClN4/c12-9-6-14-11(15-7-9)16-10(13)8-4-2-1-3-5-8/h1-7H,(H2,13,14,15,16). The van der Waals surface area contributed by atoms with Crippen LogP contribution in [0.5, 0.6) is 0 Å². The third kappa shape index (κ3) is 2.55. The van der Waals surface area contributed by atoms with Gasteiger partial charge >= 0.3 is 0 Å². The van der Waals surface area contributed by atoms with Crippen LogP contribution in [-0.4, -0.2) is 15.8 Å². The fourth-order valence-corrected chi connectivity index (χ4v) is 1.24. The highest BCUT2D eigenvalue weighted by Crippen LogP contribution is 2.09. The van der Waals surface area contributed by atoms with Crippen LogP contribution in [-0.2, 0) is 0 Å². The maximum Gasteiger partial charge on any atom is 0.251 e. The van der Waals surface area contributed by atoms with Gasteiger partial charge in [0.05, 0.1) is 17.4 Å². The molecule has 0 amide bonds. The van der Waals surface area contributed by atoms with Crippen LogP contribution < -0.4 is 5.73 Å². The van der Waals surface area contributed by atoms with Gasteiger partial charge < -0.3 is 5.73 Å². The van der Waals surface area contributed by atoms with Crippen LogP contribution in [0.4, 0.5) is 5.95 Å². The van der Waals surface area contributed by atoms with Crippen LogP contribution in [0, 0.1) is 0 Å². The molecule has 0 aliphatic heterocycles. The number of hydrogen-bond donors (Lipinski definition) is 1. The van der Waals surface area contributed by atoms with Gasteiger partial charge in [0, 0.05) is 5.56 Å². The van der Waals surface area contributed by atoms with E-state index >= 15 is 0 Å². The van der Waals surface area contributed by atoms with Crippen molar-refractivity contribution in [3.63, 3.8) is 0 Å². The smallest absolute Gasteiger partial charge is 0.251 e. The van der Waals surface area contributed by atoms with E-state index in [2.05, 4.69) is 15.0 Å². The lowest BCUT2D eigenvalue weighted by atomic mass is 10.2. The van der Waals surface area contributed by atoms with Gasteiger partial charge in [0.15, 0.2) is 0 Å². The fourth-order valence-electron chi connectivity index (χ4n) is 1.14. The average Bonchev–Trinajstić information content (AvgIpc) is 2.33. The predicted octanol–water partition coefficient (Wildman–Crippen LogP) is 2.17. The zero-order valence-corrected chi connectivity index (χ0v) is 9.09. The van der Waals surface area contributed by atoms with Crippen LogP contribution in [0.2, 0.25) is 5.02 Å². The molecule has 0 fully saturated rings. The number of amidine groups is 1. The molecule has 0 atom stereocenters. The Balaban J connectivity index is 2.28. The van der Waals surface area contributed by atoms with Crippen LogP contribution >= 0.6 is 11.6 Å². The summed E-state index contributed by atoms with van der Waals surface area (Å²) < 4.78 is 0. The van der Waals surface area contributed by atoms with Crippen molar-refractivity contribution in [2.24, 2.45) is 10.7 Å². The maximum atomic E-state index is 5.80. The number of hydrogen-bond acceptors (Lipinski definition) is 3. The Morgan fingerprint density at radius 3 is 2.38 bits per heavy atom. The first-order valence-corrected chi connectivity index (χ1v) is 5.00.